The number of anilines is 1. The van der Waals surface area contributed by atoms with Crippen LogP contribution in [0.4, 0.5) is 5.69 Å². The largest absolute Gasteiger partial charge is 0.456 e. The Bertz CT molecular complexity index is 1230. The van der Waals surface area contributed by atoms with Gasteiger partial charge in [0.1, 0.15) is 17.7 Å². The molecule has 11 heteroatoms. The average Bonchev–Trinajstić information content (AvgIpc) is 2.97. The maximum absolute atomic E-state index is 13.0. The van der Waals surface area contributed by atoms with Crippen LogP contribution in [-0.4, -0.2) is 66.3 Å². The molecule has 2 amide bonds. The summed E-state index contributed by atoms with van der Waals surface area (Å²) in [7, 11) is 0. The monoisotopic (exact) mass is 582 g/mol. The highest BCUT2D eigenvalue weighted by molar-refractivity contribution is 6.32. The number of hydrogen-bond donors (Lipinski definition) is 6. The summed E-state index contributed by atoms with van der Waals surface area (Å²) in [4.78, 5) is 27.2. The highest BCUT2D eigenvalue weighted by Crippen LogP contribution is 2.29. The van der Waals surface area contributed by atoms with Crippen LogP contribution < -0.4 is 32.6 Å². The van der Waals surface area contributed by atoms with Crippen molar-refractivity contribution in [3.63, 3.8) is 0 Å². The zero-order valence-corrected chi connectivity index (χ0v) is 23.7. The Hall–Kier alpha value is -3.67. The third-order valence-electron chi connectivity index (χ3n) is 6.41. The fourth-order valence-electron chi connectivity index (χ4n) is 4.19. The van der Waals surface area contributed by atoms with E-state index in [9.17, 15) is 14.7 Å². The number of aliphatic hydroxyl groups is 1. The highest BCUT2D eigenvalue weighted by atomic mass is 35.5. The van der Waals surface area contributed by atoms with Crippen molar-refractivity contribution in [2.75, 3.05) is 31.5 Å². The van der Waals surface area contributed by atoms with Gasteiger partial charge in [-0.1, -0.05) is 54.1 Å². The summed E-state index contributed by atoms with van der Waals surface area (Å²) < 4.78 is 5.82. The molecule has 220 valence electrons. The number of rotatable bonds is 16. The molecule has 3 aromatic rings. The Morgan fingerprint density at radius 2 is 1.56 bits per heavy atom. The topological polar surface area (TPSA) is 169 Å². The van der Waals surface area contributed by atoms with Crippen LogP contribution in [0.2, 0.25) is 5.02 Å². The van der Waals surface area contributed by atoms with Crippen LogP contribution in [0.5, 0.6) is 11.5 Å². The number of amides is 2. The van der Waals surface area contributed by atoms with Crippen LogP contribution in [0, 0.1) is 0 Å². The minimum Gasteiger partial charge on any atom is -0.456 e. The lowest BCUT2D eigenvalue weighted by atomic mass is 10.0. The number of nitrogens with one attached hydrogen (secondary N) is 2. The van der Waals surface area contributed by atoms with Crippen molar-refractivity contribution >= 4 is 29.1 Å². The van der Waals surface area contributed by atoms with Gasteiger partial charge in [0.05, 0.1) is 23.5 Å². The van der Waals surface area contributed by atoms with Gasteiger partial charge in [-0.25, -0.2) is 0 Å². The first kappa shape index (κ1) is 31.9. The first-order valence-corrected chi connectivity index (χ1v) is 13.9. The number of carbonyl (C=O) groups excluding carboxylic acids is 2. The van der Waals surface area contributed by atoms with Gasteiger partial charge in [0.15, 0.2) is 0 Å². The van der Waals surface area contributed by atoms with Crippen LogP contribution in [0.25, 0.3) is 0 Å². The van der Waals surface area contributed by atoms with Crippen LogP contribution in [0.3, 0.4) is 0 Å². The second-order valence-corrected chi connectivity index (χ2v) is 9.96. The number of aryl methyl sites for hydroxylation is 1. The first-order chi connectivity index (χ1) is 19.8. The smallest absolute Gasteiger partial charge is 0.237 e. The van der Waals surface area contributed by atoms with Crippen molar-refractivity contribution in [2.24, 2.45) is 17.2 Å². The van der Waals surface area contributed by atoms with Crippen molar-refractivity contribution in [3.8, 4) is 11.5 Å². The number of ether oxygens (including phenoxy) is 1. The second-order valence-electron chi connectivity index (χ2n) is 9.55. The van der Waals surface area contributed by atoms with E-state index < -0.39 is 24.2 Å². The van der Waals surface area contributed by atoms with Crippen molar-refractivity contribution in [1.82, 2.24) is 10.2 Å². The van der Waals surface area contributed by atoms with Gasteiger partial charge in [0.25, 0.3) is 0 Å². The Labute approximate surface area is 245 Å². The molecule has 10 nitrogen and oxygen atoms in total. The maximum Gasteiger partial charge on any atom is 0.237 e. The van der Waals surface area contributed by atoms with Gasteiger partial charge in [0.2, 0.25) is 11.8 Å². The molecule has 3 unspecified atom stereocenters. The molecule has 0 saturated carbocycles. The van der Waals surface area contributed by atoms with Crippen molar-refractivity contribution in [3.05, 3.63) is 89.4 Å². The molecule has 0 aromatic heterocycles. The average molecular weight is 583 g/mol. The molecule has 0 spiro atoms. The number of hydrogen-bond acceptors (Lipinski definition) is 8. The lowest BCUT2D eigenvalue weighted by Gasteiger charge is -2.28. The molecule has 0 bridgehead atoms. The number of benzene rings is 3. The van der Waals surface area contributed by atoms with E-state index in [2.05, 4.69) is 10.6 Å². The number of nitrogens with zero attached hydrogens (tertiary/aromatic N) is 1. The molecular formula is C30H39ClN6O4. The van der Waals surface area contributed by atoms with E-state index in [-0.39, 0.29) is 25.4 Å². The van der Waals surface area contributed by atoms with Crippen LogP contribution in [0.1, 0.15) is 18.4 Å². The first-order valence-electron chi connectivity index (χ1n) is 13.6. The Kier molecular flexibility index (Phi) is 12.9. The van der Waals surface area contributed by atoms with Gasteiger partial charge >= 0.3 is 0 Å². The molecule has 0 aliphatic rings. The SMILES string of the molecule is NCCN(CCN)C(=O)CC(N)C(=O)NC(CCc1ccccc1)C(O)Nc1ccc(Oc2ccccc2Cl)cc1. The van der Waals surface area contributed by atoms with E-state index in [4.69, 9.17) is 33.5 Å². The normalized spacial score (nSPS) is 13.1. The molecule has 3 rings (SSSR count). The summed E-state index contributed by atoms with van der Waals surface area (Å²) >= 11 is 6.17. The molecule has 0 fully saturated rings. The molecule has 0 heterocycles. The number of carbonyl (C=O) groups is 2. The summed E-state index contributed by atoms with van der Waals surface area (Å²) in [6, 6.07) is 22.1. The second kappa shape index (κ2) is 16.6. The predicted octanol–water partition coefficient (Wildman–Crippen LogP) is 2.44. The lowest BCUT2D eigenvalue weighted by molar-refractivity contribution is -0.134. The van der Waals surface area contributed by atoms with E-state index >= 15 is 0 Å². The molecule has 0 aliphatic heterocycles. The van der Waals surface area contributed by atoms with E-state index in [0.717, 1.165) is 5.56 Å². The maximum atomic E-state index is 13.0. The van der Waals surface area contributed by atoms with E-state index in [0.29, 0.717) is 48.1 Å². The Morgan fingerprint density at radius 1 is 0.927 bits per heavy atom. The van der Waals surface area contributed by atoms with Gasteiger partial charge in [-0.3, -0.25) is 9.59 Å². The molecule has 9 N–H and O–H groups in total. The third kappa shape index (κ3) is 10.3. The van der Waals surface area contributed by atoms with Gasteiger partial charge < -0.3 is 42.6 Å². The van der Waals surface area contributed by atoms with Gasteiger partial charge in [-0.05, 0) is 54.8 Å². The van der Waals surface area contributed by atoms with Gasteiger partial charge in [-0.2, -0.15) is 0 Å². The number of para-hydroxylation sites is 1. The molecule has 0 radical (unpaired) electrons. The molecule has 0 aliphatic carbocycles. The highest BCUT2D eigenvalue weighted by Gasteiger charge is 2.26. The zero-order valence-electron chi connectivity index (χ0n) is 22.9. The summed E-state index contributed by atoms with van der Waals surface area (Å²) in [5.41, 5.74) is 18.9. The fraction of sp³-hybridized carbons (Fsp3) is 0.333. The van der Waals surface area contributed by atoms with Crippen molar-refractivity contribution in [2.45, 2.75) is 37.6 Å². The van der Waals surface area contributed by atoms with E-state index in [1.807, 2.05) is 42.5 Å². The van der Waals surface area contributed by atoms with Crippen LogP contribution >= 0.6 is 11.6 Å². The van der Waals surface area contributed by atoms with Crippen molar-refractivity contribution in [1.29, 1.82) is 0 Å². The predicted molar refractivity (Wildman–Crippen MR) is 162 cm³/mol. The number of aliphatic hydroxyl groups excluding tert-OH is 1. The Balaban J connectivity index is 1.65. The molecular weight excluding hydrogens is 544 g/mol. The summed E-state index contributed by atoms with van der Waals surface area (Å²) in [6.45, 7) is 1.21. The fourth-order valence-corrected chi connectivity index (χ4v) is 4.37. The molecule has 3 atom stereocenters. The standard InChI is InChI=1S/C30H39ClN6O4/c31-24-8-4-5-9-27(24)41-23-13-11-22(12-14-23)35-30(40)26(15-10-21-6-2-1-3-7-21)36-29(39)25(34)20-28(38)37(18-16-32)19-17-33/h1-9,11-14,25-26,30,35,40H,10,15-20,32-34H2,(H,36,39). The quantitative estimate of drug-likeness (QED) is 0.140. The Morgan fingerprint density at radius 3 is 2.20 bits per heavy atom. The van der Waals surface area contributed by atoms with Gasteiger partial charge in [0, 0.05) is 31.9 Å². The summed E-state index contributed by atoms with van der Waals surface area (Å²) in [5, 5.41) is 17.5. The van der Waals surface area contributed by atoms with E-state index in [1.165, 1.54) is 4.90 Å². The van der Waals surface area contributed by atoms with Gasteiger partial charge in [-0.15, -0.1) is 0 Å². The van der Waals surface area contributed by atoms with E-state index in [1.54, 1.807) is 36.4 Å². The summed E-state index contributed by atoms with van der Waals surface area (Å²) in [6.07, 6.45) is -0.324. The zero-order chi connectivity index (χ0) is 29.6. The molecule has 0 saturated heterocycles. The number of nitrogens with two attached hydrogens (primary N) is 3. The minimum absolute atomic E-state index is 0.201. The van der Waals surface area contributed by atoms with Crippen molar-refractivity contribution < 1.29 is 19.4 Å². The molecule has 41 heavy (non-hydrogen) atoms. The molecule has 3 aromatic carbocycles. The minimum atomic E-state index is -1.15. The van der Waals surface area contributed by atoms with Crippen LogP contribution in [0.15, 0.2) is 78.9 Å². The number of halogens is 1. The third-order valence-corrected chi connectivity index (χ3v) is 6.72. The lowest BCUT2D eigenvalue weighted by Crippen LogP contribution is -2.53. The summed E-state index contributed by atoms with van der Waals surface area (Å²) in [5.74, 6) is 0.256. The van der Waals surface area contributed by atoms with Crippen LogP contribution in [-0.2, 0) is 16.0 Å².